The number of rotatable bonds is 10. The summed E-state index contributed by atoms with van der Waals surface area (Å²) < 4.78 is 0. The normalized spacial score (nSPS) is 13.3. The van der Waals surface area contributed by atoms with E-state index >= 15 is 0 Å². The van der Waals surface area contributed by atoms with Crippen molar-refractivity contribution in [2.75, 3.05) is 6.54 Å². The van der Waals surface area contributed by atoms with Gasteiger partial charge in [0, 0.05) is 17.2 Å². The van der Waals surface area contributed by atoms with Crippen LogP contribution in [-0.4, -0.2) is 28.2 Å². The molecule has 1 aliphatic rings. The van der Waals surface area contributed by atoms with E-state index in [0.29, 0.717) is 17.7 Å². The van der Waals surface area contributed by atoms with Crippen LogP contribution in [0.1, 0.15) is 69.8 Å². The van der Waals surface area contributed by atoms with E-state index in [9.17, 15) is 9.59 Å². The van der Waals surface area contributed by atoms with Gasteiger partial charge in [0.25, 0.3) is 11.8 Å². The number of fused-ring (bicyclic) bond motifs is 1. The molecule has 28 heavy (non-hydrogen) atoms. The molecule has 0 radical (unpaired) electrons. The lowest BCUT2D eigenvalue weighted by atomic mass is 10.0. The predicted octanol–water partition coefficient (Wildman–Crippen LogP) is 5.66. The molecule has 0 fully saturated rings. The van der Waals surface area contributed by atoms with Crippen molar-refractivity contribution in [2.45, 2.75) is 49.2 Å². The van der Waals surface area contributed by atoms with Crippen LogP contribution in [0.2, 0.25) is 0 Å². The molecule has 2 heterocycles. The minimum absolute atomic E-state index is 0.150. The highest BCUT2D eigenvalue weighted by atomic mass is 79.9. The molecule has 6 heteroatoms. The Bertz CT molecular complexity index is 797. The zero-order chi connectivity index (χ0) is 19.9. The summed E-state index contributed by atoms with van der Waals surface area (Å²) in [6.07, 6.45) is 6.36. The number of unbranched alkanes of at least 4 members (excludes halogenated alkanes) is 4. The third-order valence-electron chi connectivity index (χ3n) is 4.99. The molecule has 1 aromatic heterocycles. The number of alkyl halides is 2. The van der Waals surface area contributed by atoms with E-state index in [4.69, 9.17) is 0 Å². The lowest BCUT2D eigenvalue weighted by molar-refractivity contribution is 0.0651. The highest BCUT2D eigenvalue weighted by Gasteiger charge is 2.34. The van der Waals surface area contributed by atoms with Crippen LogP contribution >= 0.6 is 31.9 Å². The summed E-state index contributed by atoms with van der Waals surface area (Å²) in [6, 6.07) is 11.4. The van der Waals surface area contributed by atoms with Crippen LogP contribution in [0.5, 0.6) is 0 Å². The molecule has 0 unspecified atom stereocenters. The number of nitrogens with zero attached hydrogens (tertiary/aromatic N) is 2. The van der Waals surface area contributed by atoms with Gasteiger partial charge in [-0.15, -0.1) is 0 Å². The van der Waals surface area contributed by atoms with Gasteiger partial charge >= 0.3 is 0 Å². The highest BCUT2D eigenvalue weighted by Crippen LogP contribution is 2.23. The van der Waals surface area contributed by atoms with E-state index in [-0.39, 0.29) is 11.8 Å². The Hall–Kier alpha value is -1.53. The minimum atomic E-state index is -0.150. The van der Waals surface area contributed by atoms with Crippen LogP contribution < -0.4 is 0 Å². The number of amides is 2. The first-order valence-corrected chi connectivity index (χ1v) is 11.9. The second-order valence-electron chi connectivity index (χ2n) is 7.05. The third kappa shape index (κ3) is 5.09. The molecule has 0 aliphatic carbocycles. The highest BCUT2D eigenvalue weighted by molar-refractivity contribution is 9.08. The largest absolute Gasteiger partial charge is 0.274 e. The zero-order valence-corrected chi connectivity index (χ0v) is 19.0. The molecule has 0 saturated heterocycles. The fraction of sp³-hybridized carbons (Fsp3) is 0.409. The van der Waals surface area contributed by atoms with Gasteiger partial charge in [0.05, 0.1) is 22.5 Å². The summed E-state index contributed by atoms with van der Waals surface area (Å²) in [7, 11) is 0. The van der Waals surface area contributed by atoms with Gasteiger partial charge in [0.2, 0.25) is 0 Å². The number of aromatic nitrogens is 1. The Labute approximate surface area is 183 Å². The summed E-state index contributed by atoms with van der Waals surface area (Å²) in [4.78, 5) is 30.6. The lowest BCUT2D eigenvalue weighted by Crippen LogP contribution is -2.30. The zero-order valence-electron chi connectivity index (χ0n) is 15.8. The SMILES string of the molecule is O=C1c2ccccc2C(=O)N1CCCCCCCc1cc(CBr)nc(CBr)c1. The molecular formula is C22H24Br2N2O2. The number of aryl methyl sites for hydroxylation is 1. The van der Waals surface area contributed by atoms with E-state index in [1.54, 1.807) is 24.3 Å². The maximum Gasteiger partial charge on any atom is 0.261 e. The maximum absolute atomic E-state index is 12.3. The van der Waals surface area contributed by atoms with Gasteiger partial charge in [-0.2, -0.15) is 0 Å². The van der Waals surface area contributed by atoms with E-state index in [2.05, 4.69) is 49.0 Å². The summed E-state index contributed by atoms with van der Waals surface area (Å²) in [5, 5.41) is 1.55. The molecule has 0 bridgehead atoms. The quantitative estimate of drug-likeness (QED) is 0.237. The van der Waals surface area contributed by atoms with Crippen LogP contribution in [0.4, 0.5) is 0 Å². The summed E-state index contributed by atoms with van der Waals surface area (Å²) in [6.45, 7) is 0.514. The number of halogens is 2. The number of hydrogen-bond donors (Lipinski definition) is 0. The minimum Gasteiger partial charge on any atom is -0.274 e. The number of hydrogen-bond acceptors (Lipinski definition) is 3. The van der Waals surface area contributed by atoms with Crippen molar-refractivity contribution >= 4 is 43.7 Å². The van der Waals surface area contributed by atoms with Crippen molar-refractivity contribution < 1.29 is 9.59 Å². The Morgan fingerprint density at radius 2 is 1.32 bits per heavy atom. The average molecular weight is 508 g/mol. The first-order valence-electron chi connectivity index (χ1n) is 9.70. The molecule has 2 aromatic rings. The van der Waals surface area contributed by atoms with Crippen molar-refractivity contribution in [3.05, 3.63) is 64.5 Å². The van der Waals surface area contributed by atoms with Gasteiger partial charge in [-0.1, -0.05) is 63.3 Å². The summed E-state index contributed by atoms with van der Waals surface area (Å²) in [5.74, 6) is -0.299. The van der Waals surface area contributed by atoms with E-state index in [0.717, 1.165) is 60.6 Å². The second-order valence-corrected chi connectivity index (χ2v) is 8.17. The van der Waals surface area contributed by atoms with Crippen molar-refractivity contribution in [1.29, 1.82) is 0 Å². The van der Waals surface area contributed by atoms with E-state index in [1.165, 1.54) is 10.5 Å². The number of pyridine rings is 1. The van der Waals surface area contributed by atoms with Gasteiger partial charge in [-0.3, -0.25) is 19.5 Å². The topological polar surface area (TPSA) is 50.3 Å². The smallest absolute Gasteiger partial charge is 0.261 e. The number of imide groups is 1. The van der Waals surface area contributed by atoms with Crippen molar-refractivity contribution in [1.82, 2.24) is 9.88 Å². The van der Waals surface area contributed by atoms with E-state index in [1.807, 2.05) is 0 Å². The number of carbonyl (C=O) groups excluding carboxylic acids is 2. The fourth-order valence-electron chi connectivity index (χ4n) is 3.57. The molecule has 1 aromatic carbocycles. The molecule has 148 valence electrons. The molecule has 0 N–H and O–H groups in total. The Morgan fingerprint density at radius 1 is 0.786 bits per heavy atom. The number of carbonyl (C=O) groups is 2. The molecule has 0 atom stereocenters. The van der Waals surface area contributed by atoms with Gasteiger partial charge in [-0.25, -0.2) is 0 Å². The number of benzene rings is 1. The van der Waals surface area contributed by atoms with Crippen LogP contribution in [0.15, 0.2) is 36.4 Å². The van der Waals surface area contributed by atoms with Crippen LogP contribution in [0, 0.1) is 0 Å². The van der Waals surface area contributed by atoms with Gasteiger partial charge in [0.15, 0.2) is 0 Å². The molecule has 0 spiro atoms. The average Bonchev–Trinajstić information content (AvgIpc) is 2.97. The first-order chi connectivity index (χ1) is 13.6. The molecule has 3 rings (SSSR count). The molecular weight excluding hydrogens is 484 g/mol. The first kappa shape index (κ1) is 21.2. The second kappa shape index (κ2) is 10.3. The Morgan fingerprint density at radius 3 is 1.89 bits per heavy atom. The van der Waals surface area contributed by atoms with Crippen LogP contribution in [0.3, 0.4) is 0 Å². The molecule has 0 saturated carbocycles. The fourth-order valence-corrected chi connectivity index (χ4v) is 4.15. The summed E-state index contributed by atoms with van der Waals surface area (Å²) >= 11 is 6.96. The van der Waals surface area contributed by atoms with Crippen LogP contribution in [-0.2, 0) is 17.1 Å². The molecule has 1 aliphatic heterocycles. The standard InChI is InChI=1S/C22H24Br2N2O2/c23-14-17-12-16(13-18(15-24)25-17)8-4-2-1-3-7-11-26-21(27)19-9-5-6-10-20(19)22(26)28/h5-6,9-10,12-13H,1-4,7-8,11,14-15H2. The van der Waals surface area contributed by atoms with E-state index < -0.39 is 0 Å². The lowest BCUT2D eigenvalue weighted by Gasteiger charge is -2.13. The van der Waals surface area contributed by atoms with Crippen molar-refractivity contribution in [3.8, 4) is 0 Å². The van der Waals surface area contributed by atoms with Crippen molar-refractivity contribution in [3.63, 3.8) is 0 Å². The monoisotopic (exact) mass is 506 g/mol. The third-order valence-corrected chi connectivity index (χ3v) is 6.14. The summed E-state index contributed by atoms with van der Waals surface area (Å²) in [5.41, 5.74) is 4.57. The van der Waals surface area contributed by atoms with Gasteiger partial charge in [-0.05, 0) is 49.1 Å². The molecule has 2 amide bonds. The maximum atomic E-state index is 12.3. The van der Waals surface area contributed by atoms with Gasteiger partial charge < -0.3 is 0 Å². The van der Waals surface area contributed by atoms with Gasteiger partial charge in [0.1, 0.15) is 0 Å². The Kier molecular flexibility index (Phi) is 7.80. The Balaban J connectivity index is 1.36. The predicted molar refractivity (Wildman–Crippen MR) is 118 cm³/mol. The van der Waals surface area contributed by atoms with Crippen molar-refractivity contribution in [2.24, 2.45) is 0 Å². The molecule has 4 nitrogen and oxygen atoms in total. The van der Waals surface area contributed by atoms with Crippen LogP contribution in [0.25, 0.3) is 0 Å².